The van der Waals surface area contributed by atoms with Gasteiger partial charge in [0.1, 0.15) is 0 Å². The highest BCUT2D eigenvalue weighted by atomic mass is 16.3. The SMILES string of the molecule is C[C@H](CO)N=C1N(C)[C@@H](c2ccccc2)[C@H](c2ccccc2)N1C. The normalized spacial score (nSPS) is 21.9. The number of aliphatic hydroxyl groups excluding tert-OH is 1. The molecule has 4 heteroatoms. The standard InChI is InChI=1S/C20H25N3O/c1-15(14-24)21-20-22(2)18(16-10-6-4-7-11-16)19(23(20)3)17-12-8-5-9-13-17/h4-13,15,18-19,24H,14H2,1-3H3/t15-,18+,19+/m1/s1. The van der Waals surface area contributed by atoms with Crippen LogP contribution in [0.2, 0.25) is 0 Å². The molecular formula is C20H25N3O. The van der Waals surface area contributed by atoms with E-state index in [1.807, 2.05) is 19.1 Å². The maximum absolute atomic E-state index is 9.39. The van der Waals surface area contributed by atoms with Crippen LogP contribution in [0.1, 0.15) is 30.1 Å². The third-order valence-electron chi connectivity index (χ3n) is 4.65. The minimum Gasteiger partial charge on any atom is -0.394 e. The molecule has 1 saturated heterocycles. The van der Waals surface area contributed by atoms with E-state index in [0.717, 1.165) is 5.96 Å². The number of rotatable bonds is 4. The van der Waals surface area contributed by atoms with Crippen LogP contribution in [0.4, 0.5) is 0 Å². The van der Waals surface area contributed by atoms with Gasteiger partial charge in [-0.25, -0.2) is 4.99 Å². The van der Waals surface area contributed by atoms with Crippen LogP contribution >= 0.6 is 0 Å². The Morgan fingerprint density at radius 1 is 0.875 bits per heavy atom. The maximum Gasteiger partial charge on any atom is 0.197 e. The molecular weight excluding hydrogens is 298 g/mol. The first kappa shape index (κ1) is 16.5. The molecule has 2 aromatic carbocycles. The van der Waals surface area contributed by atoms with Gasteiger partial charge in [0.15, 0.2) is 5.96 Å². The second-order valence-electron chi connectivity index (χ2n) is 6.39. The third kappa shape index (κ3) is 3.02. The van der Waals surface area contributed by atoms with Crippen LogP contribution in [-0.4, -0.2) is 47.6 Å². The van der Waals surface area contributed by atoms with E-state index in [0.29, 0.717) is 0 Å². The summed E-state index contributed by atoms with van der Waals surface area (Å²) in [6.45, 7) is 1.99. The van der Waals surface area contributed by atoms with Crippen molar-refractivity contribution in [3.05, 3.63) is 71.8 Å². The number of likely N-dealkylation sites (N-methyl/N-ethyl adjacent to an activating group) is 2. The summed E-state index contributed by atoms with van der Waals surface area (Å²) in [6.07, 6.45) is 0. The lowest BCUT2D eigenvalue weighted by Crippen LogP contribution is -2.31. The van der Waals surface area contributed by atoms with Crippen molar-refractivity contribution in [3.63, 3.8) is 0 Å². The van der Waals surface area contributed by atoms with E-state index in [1.165, 1.54) is 11.1 Å². The van der Waals surface area contributed by atoms with Crippen molar-refractivity contribution in [2.24, 2.45) is 4.99 Å². The largest absolute Gasteiger partial charge is 0.394 e. The molecule has 0 aromatic heterocycles. The Morgan fingerprint density at radius 3 is 1.67 bits per heavy atom. The molecule has 3 atom stereocenters. The van der Waals surface area contributed by atoms with Gasteiger partial charge in [-0.3, -0.25) is 0 Å². The predicted octanol–water partition coefficient (Wildman–Crippen LogP) is 3.08. The van der Waals surface area contributed by atoms with E-state index in [9.17, 15) is 5.11 Å². The van der Waals surface area contributed by atoms with Crippen LogP contribution < -0.4 is 0 Å². The molecule has 0 spiro atoms. The van der Waals surface area contributed by atoms with Crippen molar-refractivity contribution >= 4 is 5.96 Å². The molecule has 1 heterocycles. The topological polar surface area (TPSA) is 39.1 Å². The number of hydrogen-bond donors (Lipinski definition) is 1. The van der Waals surface area contributed by atoms with Crippen LogP contribution in [0.25, 0.3) is 0 Å². The summed E-state index contributed by atoms with van der Waals surface area (Å²) in [6, 6.07) is 21.3. The minimum absolute atomic E-state index is 0.0528. The molecule has 4 nitrogen and oxygen atoms in total. The van der Waals surface area contributed by atoms with E-state index in [-0.39, 0.29) is 24.7 Å². The number of guanidine groups is 1. The number of benzene rings is 2. The molecule has 0 saturated carbocycles. The van der Waals surface area contributed by atoms with Crippen LogP contribution in [0.15, 0.2) is 65.7 Å². The van der Waals surface area contributed by atoms with Crippen LogP contribution in [0.5, 0.6) is 0 Å². The van der Waals surface area contributed by atoms with E-state index in [2.05, 4.69) is 72.4 Å². The average Bonchev–Trinajstić information content (AvgIpc) is 2.87. The highest BCUT2D eigenvalue weighted by Gasteiger charge is 2.42. The van der Waals surface area contributed by atoms with Gasteiger partial charge in [0.2, 0.25) is 0 Å². The molecule has 24 heavy (non-hydrogen) atoms. The van der Waals surface area contributed by atoms with Crippen LogP contribution in [0.3, 0.4) is 0 Å². The minimum atomic E-state index is -0.115. The summed E-state index contributed by atoms with van der Waals surface area (Å²) in [5.41, 5.74) is 2.53. The van der Waals surface area contributed by atoms with Gasteiger partial charge in [0.05, 0.1) is 24.7 Å². The van der Waals surface area contributed by atoms with Gasteiger partial charge < -0.3 is 14.9 Å². The van der Waals surface area contributed by atoms with Gasteiger partial charge in [-0.05, 0) is 18.1 Å². The van der Waals surface area contributed by atoms with Crippen molar-refractivity contribution in [2.45, 2.75) is 25.0 Å². The van der Waals surface area contributed by atoms with Crippen molar-refractivity contribution in [3.8, 4) is 0 Å². The first-order valence-corrected chi connectivity index (χ1v) is 8.37. The fourth-order valence-corrected chi connectivity index (χ4v) is 3.45. The Kier molecular flexibility index (Phi) is 4.86. The maximum atomic E-state index is 9.39. The molecule has 0 aliphatic carbocycles. The Morgan fingerprint density at radius 2 is 1.29 bits per heavy atom. The highest BCUT2D eigenvalue weighted by molar-refractivity contribution is 5.83. The van der Waals surface area contributed by atoms with E-state index < -0.39 is 0 Å². The van der Waals surface area contributed by atoms with Crippen LogP contribution in [-0.2, 0) is 0 Å². The number of nitrogens with zero attached hydrogens (tertiary/aromatic N) is 3. The molecule has 0 unspecified atom stereocenters. The molecule has 1 aliphatic rings. The zero-order valence-corrected chi connectivity index (χ0v) is 14.5. The first-order valence-electron chi connectivity index (χ1n) is 8.37. The summed E-state index contributed by atoms with van der Waals surface area (Å²) >= 11 is 0. The fraction of sp³-hybridized carbons (Fsp3) is 0.350. The lowest BCUT2D eigenvalue weighted by molar-refractivity contribution is 0.272. The van der Waals surface area contributed by atoms with Crippen molar-refractivity contribution < 1.29 is 5.11 Å². The summed E-state index contributed by atoms with van der Waals surface area (Å²) in [5, 5.41) is 9.39. The van der Waals surface area contributed by atoms with Crippen LogP contribution in [0, 0.1) is 0 Å². The van der Waals surface area contributed by atoms with Gasteiger partial charge in [-0.2, -0.15) is 0 Å². The van der Waals surface area contributed by atoms with Gasteiger partial charge in [-0.1, -0.05) is 60.7 Å². The second-order valence-corrected chi connectivity index (χ2v) is 6.39. The van der Waals surface area contributed by atoms with E-state index in [1.54, 1.807) is 0 Å². The summed E-state index contributed by atoms with van der Waals surface area (Å²) < 4.78 is 0. The van der Waals surface area contributed by atoms with Gasteiger partial charge in [-0.15, -0.1) is 0 Å². The smallest absolute Gasteiger partial charge is 0.197 e. The molecule has 1 aliphatic heterocycles. The third-order valence-corrected chi connectivity index (χ3v) is 4.65. The molecule has 0 bridgehead atoms. The lowest BCUT2D eigenvalue weighted by Gasteiger charge is -2.26. The monoisotopic (exact) mass is 323 g/mol. The Bertz CT molecular complexity index is 633. The Balaban J connectivity index is 2.07. The second kappa shape index (κ2) is 7.05. The number of hydrogen-bond acceptors (Lipinski definition) is 2. The van der Waals surface area contributed by atoms with Crippen molar-refractivity contribution in [1.29, 1.82) is 0 Å². The summed E-state index contributed by atoms with van der Waals surface area (Å²) in [5.74, 6) is 0.916. The van der Waals surface area contributed by atoms with Gasteiger partial charge >= 0.3 is 0 Å². The summed E-state index contributed by atoms with van der Waals surface area (Å²) in [7, 11) is 4.17. The molecule has 1 N–H and O–H groups in total. The average molecular weight is 323 g/mol. The number of aliphatic hydroxyl groups is 1. The quantitative estimate of drug-likeness (QED) is 0.940. The molecule has 126 valence electrons. The van der Waals surface area contributed by atoms with E-state index in [4.69, 9.17) is 4.99 Å². The van der Waals surface area contributed by atoms with Crippen molar-refractivity contribution in [2.75, 3.05) is 20.7 Å². The Hall–Kier alpha value is -2.33. The Labute approximate surface area is 144 Å². The number of aliphatic imine (C=N–C) groups is 1. The van der Waals surface area contributed by atoms with Crippen molar-refractivity contribution in [1.82, 2.24) is 9.80 Å². The van der Waals surface area contributed by atoms with E-state index >= 15 is 0 Å². The first-order chi connectivity index (χ1) is 11.6. The molecule has 1 fully saturated rings. The molecule has 3 rings (SSSR count). The highest BCUT2D eigenvalue weighted by Crippen LogP contribution is 2.43. The van der Waals surface area contributed by atoms with Gasteiger partial charge in [0.25, 0.3) is 0 Å². The summed E-state index contributed by atoms with van der Waals surface area (Å²) in [4.78, 5) is 9.17. The van der Waals surface area contributed by atoms with Gasteiger partial charge in [0, 0.05) is 14.1 Å². The zero-order valence-electron chi connectivity index (χ0n) is 14.5. The zero-order chi connectivity index (χ0) is 17.1. The molecule has 0 radical (unpaired) electrons. The predicted molar refractivity (Wildman–Crippen MR) is 97.9 cm³/mol. The molecule has 2 aromatic rings. The fourth-order valence-electron chi connectivity index (χ4n) is 3.45. The molecule has 0 amide bonds. The lowest BCUT2D eigenvalue weighted by atomic mass is 9.93.